The van der Waals surface area contributed by atoms with Gasteiger partial charge in [-0.1, -0.05) is 78.1 Å². The number of ether oxygens (including phenoxy) is 1. The Kier molecular flexibility index (Phi) is 15.9. The molecule has 0 spiro atoms. The molecule has 2 N–H and O–H groups in total. The summed E-state index contributed by atoms with van der Waals surface area (Å²) in [6.07, 6.45) is 17.1. The van der Waals surface area contributed by atoms with Crippen LogP contribution in [0.3, 0.4) is 0 Å². The molecule has 0 bridgehead atoms. The lowest BCUT2D eigenvalue weighted by Crippen LogP contribution is -2.24. The van der Waals surface area contributed by atoms with E-state index in [1.54, 1.807) is 0 Å². The van der Waals surface area contributed by atoms with Crippen molar-refractivity contribution in [3.8, 4) is 0 Å². The van der Waals surface area contributed by atoms with Gasteiger partial charge in [0.25, 0.3) is 0 Å². The summed E-state index contributed by atoms with van der Waals surface area (Å²) in [7, 11) is 0. The molecule has 0 aliphatic carbocycles. The predicted molar refractivity (Wildman–Crippen MR) is 85.3 cm³/mol. The predicted octanol–water partition coefficient (Wildman–Crippen LogP) is 5.40. The minimum absolute atomic E-state index is 0.0292. The van der Waals surface area contributed by atoms with Crippen LogP contribution < -0.4 is 5.73 Å². The van der Waals surface area contributed by atoms with Crippen LogP contribution in [0.25, 0.3) is 0 Å². The van der Waals surface area contributed by atoms with Crippen LogP contribution in [0.4, 0.5) is 0 Å². The third kappa shape index (κ3) is 15.9. The van der Waals surface area contributed by atoms with Crippen molar-refractivity contribution in [3.05, 3.63) is 0 Å². The molecule has 0 aliphatic rings. The van der Waals surface area contributed by atoms with Gasteiger partial charge in [-0.25, -0.2) is 0 Å². The molecule has 0 saturated heterocycles. The smallest absolute Gasteiger partial charge is 0.105 e. The van der Waals surface area contributed by atoms with E-state index in [0.29, 0.717) is 0 Å². The van der Waals surface area contributed by atoms with Crippen molar-refractivity contribution in [1.29, 1.82) is 0 Å². The molecule has 0 amide bonds. The van der Waals surface area contributed by atoms with Gasteiger partial charge in [-0.2, -0.15) is 0 Å². The number of nitrogens with two attached hydrogens (primary N) is 1. The number of hydrogen-bond donors (Lipinski definition) is 1. The van der Waals surface area contributed by atoms with E-state index in [1.807, 2.05) is 0 Å². The van der Waals surface area contributed by atoms with Gasteiger partial charge in [0.2, 0.25) is 0 Å². The standard InChI is InChI=1S/C17H37NO/c1-3-5-7-8-9-10-11-12-13-14-16-19-17(18)15-6-4-2/h17H,3-16,18H2,1-2H3. The average Bonchev–Trinajstić information content (AvgIpc) is 2.42. The van der Waals surface area contributed by atoms with E-state index >= 15 is 0 Å². The Hall–Kier alpha value is -0.0800. The zero-order valence-corrected chi connectivity index (χ0v) is 13.5. The summed E-state index contributed by atoms with van der Waals surface area (Å²) >= 11 is 0. The average molecular weight is 271 g/mol. The second-order valence-corrected chi connectivity index (χ2v) is 5.73. The van der Waals surface area contributed by atoms with Crippen molar-refractivity contribution < 1.29 is 4.74 Å². The second kappa shape index (κ2) is 16.0. The van der Waals surface area contributed by atoms with Gasteiger partial charge in [0, 0.05) is 6.61 Å². The Bertz CT molecular complexity index is 161. The van der Waals surface area contributed by atoms with E-state index in [0.717, 1.165) is 13.0 Å². The van der Waals surface area contributed by atoms with Gasteiger partial charge in [-0.15, -0.1) is 0 Å². The molecule has 19 heavy (non-hydrogen) atoms. The molecular formula is C17H37NO. The lowest BCUT2D eigenvalue weighted by Gasteiger charge is -2.12. The van der Waals surface area contributed by atoms with Gasteiger partial charge < -0.3 is 10.5 Å². The third-order valence-electron chi connectivity index (χ3n) is 3.67. The number of rotatable bonds is 15. The first-order chi connectivity index (χ1) is 9.31. The molecular weight excluding hydrogens is 234 g/mol. The highest BCUT2D eigenvalue weighted by Gasteiger charge is 2.00. The Labute approximate surface area is 121 Å². The Balaban J connectivity index is 3.02. The molecule has 0 fully saturated rings. The fourth-order valence-corrected chi connectivity index (χ4v) is 2.31. The molecule has 2 nitrogen and oxygen atoms in total. The van der Waals surface area contributed by atoms with Crippen molar-refractivity contribution in [2.75, 3.05) is 6.61 Å². The summed E-state index contributed by atoms with van der Waals surface area (Å²) in [5.41, 5.74) is 5.86. The zero-order chi connectivity index (χ0) is 14.2. The number of hydrogen-bond acceptors (Lipinski definition) is 2. The van der Waals surface area contributed by atoms with E-state index in [-0.39, 0.29) is 6.23 Å². The lowest BCUT2D eigenvalue weighted by atomic mass is 10.1. The summed E-state index contributed by atoms with van der Waals surface area (Å²) in [6, 6.07) is 0. The van der Waals surface area contributed by atoms with E-state index < -0.39 is 0 Å². The molecule has 0 rings (SSSR count). The first-order valence-corrected chi connectivity index (χ1v) is 8.68. The van der Waals surface area contributed by atoms with Gasteiger partial charge in [0.1, 0.15) is 6.23 Å². The lowest BCUT2D eigenvalue weighted by molar-refractivity contribution is 0.0478. The van der Waals surface area contributed by atoms with Crippen LogP contribution in [0.15, 0.2) is 0 Å². The first-order valence-electron chi connectivity index (χ1n) is 8.68. The SMILES string of the molecule is CCCCCCCCCCCCOC(N)CCCC. The molecule has 0 saturated carbocycles. The molecule has 0 aliphatic heterocycles. The summed E-state index contributed by atoms with van der Waals surface area (Å²) < 4.78 is 5.59. The van der Waals surface area contributed by atoms with E-state index in [4.69, 9.17) is 10.5 Å². The summed E-state index contributed by atoms with van der Waals surface area (Å²) in [5.74, 6) is 0. The Morgan fingerprint density at radius 3 is 1.68 bits per heavy atom. The topological polar surface area (TPSA) is 35.2 Å². The molecule has 0 radical (unpaired) electrons. The van der Waals surface area contributed by atoms with Crippen molar-refractivity contribution >= 4 is 0 Å². The van der Waals surface area contributed by atoms with Gasteiger partial charge in [-0.05, 0) is 19.3 Å². The molecule has 2 heteroatoms. The molecule has 0 aromatic carbocycles. The normalized spacial score (nSPS) is 12.8. The van der Waals surface area contributed by atoms with Gasteiger partial charge in [0.05, 0.1) is 0 Å². The van der Waals surface area contributed by atoms with E-state index in [2.05, 4.69) is 13.8 Å². The van der Waals surface area contributed by atoms with Crippen LogP contribution in [0.2, 0.25) is 0 Å². The van der Waals surface area contributed by atoms with Crippen LogP contribution in [0.1, 0.15) is 97.3 Å². The van der Waals surface area contributed by atoms with E-state index in [1.165, 1.54) is 77.0 Å². The van der Waals surface area contributed by atoms with E-state index in [9.17, 15) is 0 Å². The summed E-state index contributed by atoms with van der Waals surface area (Å²) in [5, 5.41) is 0. The van der Waals surface area contributed by atoms with Crippen LogP contribution in [0.5, 0.6) is 0 Å². The van der Waals surface area contributed by atoms with Crippen molar-refractivity contribution in [3.63, 3.8) is 0 Å². The monoisotopic (exact) mass is 271 g/mol. The largest absolute Gasteiger partial charge is 0.364 e. The molecule has 0 heterocycles. The molecule has 116 valence electrons. The quantitative estimate of drug-likeness (QED) is 0.320. The second-order valence-electron chi connectivity index (χ2n) is 5.73. The molecule has 1 unspecified atom stereocenters. The van der Waals surface area contributed by atoms with Gasteiger partial charge in [-0.3, -0.25) is 0 Å². The Morgan fingerprint density at radius 2 is 1.16 bits per heavy atom. The summed E-state index contributed by atoms with van der Waals surface area (Å²) in [4.78, 5) is 0. The van der Waals surface area contributed by atoms with Crippen molar-refractivity contribution in [2.45, 2.75) is 104 Å². The minimum atomic E-state index is -0.0292. The maximum atomic E-state index is 5.86. The van der Waals surface area contributed by atoms with Crippen LogP contribution >= 0.6 is 0 Å². The van der Waals surface area contributed by atoms with Crippen LogP contribution in [-0.2, 0) is 4.74 Å². The van der Waals surface area contributed by atoms with Gasteiger partial charge >= 0.3 is 0 Å². The van der Waals surface area contributed by atoms with Crippen LogP contribution in [0, 0.1) is 0 Å². The fourth-order valence-electron chi connectivity index (χ4n) is 2.31. The van der Waals surface area contributed by atoms with Crippen molar-refractivity contribution in [1.82, 2.24) is 0 Å². The molecule has 0 aromatic rings. The highest BCUT2D eigenvalue weighted by molar-refractivity contribution is 4.50. The molecule has 0 aromatic heterocycles. The maximum absolute atomic E-state index is 5.86. The zero-order valence-electron chi connectivity index (χ0n) is 13.5. The highest BCUT2D eigenvalue weighted by atomic mass is 16.5. The number of unbranched alkanes of at least 4 members (excludes halogenated alkanes) is 10. The fraction of sp³-hybridized carbons (Fsp3) is 1.00. The van der Waals surface area contributed by atoms with Crippen LogP contribution in [-0.4, -0.2) is 12.8 Å². The molecule has 1 atom stereocenters. The van der Waals surface area contributed by atoms with Gasteiger partial charge in [0.15, 0.2) is 0 Å². The Morgan fingerprint density at radius 1 is 0.684 bits per heavy atom. The summed E-state index contributed by atoms with van der Waals surface area (Å²) in [6.45, 7) is 5.31. The maximum Gasteiger partial charge on any atom is 0.105 e. The van der Waals surface area contributed by atoms with Crippen molar-refractivity contribution in [2.24, 2.45) is 5.73 Å². The third-order valence-corrected chi connectivity index (χ3v) is 3.67. The first kappa shape index (κ1) is 18.9. The highest BCUT2D eigenvalue weighted by Crippen LogP contribution is 2.10. The minimum Gasteiger partial charge on any atom is -0.364 e.